The van der Waals surface area contributed by atoms with Crippen LogP contribution in [0.1, 0.15) is 52.4 Å². The highest BCUT2D eigenvalue weighted by Gasteiger charge is 2.34. The van der Waals surface area contributed by atoms with E-state index in [0.717, 1.165) is 31.6 Å². The number of unbranched alkanes of at least 4 members (excludes halogenated alkanes) is 1. The van der Waals surface area contributed by atoms with Crippen LogP contribution in [-0.4, -0.2) is 43.2 Å². The fourth-order valence-electron chi connectivity index (χ4n) is 2.48. The Morgan fingerprint density at radius 2 is 2.00 bits per heavy atom. The maximum atomic E-state index is 9.85. The van der Waals surface area contributed by atoms with Crippen molar-refractivity contribution in [3.63, 3.8) is 0 Å². The van der Waals surface area contributed by atoms with Gasteiger partial charge in [0.1, 0.15) is 6.10 Å². The summed E-state index contributed by atoms with van der Waals surface area (Å²) in [4.78, 5) is 0. The Morgan fingerprint density at radius 3 is 2.58 bits per heavy atom. The monoisotopic (exact) mass is 273 g/mol. The lowest BCUT2D eigenvalue weighted by molar-refractivity contribution is -0.110. The second-order valence-corrected chi connectivity index (χ2v) is 5.96. The zero-order valence-corrected chi connectivity index (χ0v) is 12.6. The quantitative estimate of drug-likeness (QED) is 0.631. The first-order chi connectivity index (χ1) is 9.12. The Balaban J connectivity index is 2.21. The van der Waals surface area contributed by atoms with Gasteiger partial charge in [-0.15, -0.1) is 0 Å². The fraction of sp³-hybridized carbons (Fsp3) is 1.00. The van der Waals surface area contributed by atoms with Crippen LogP contribution in [0.5, 0.6) is 0 Å². The summed E-state index contributed by atoms with van der Waals surface area (Å²) in [6, 6.07) is 0. The molecular formula is C15H31NO3. The van der Waals surface area contributed by atoms with Gasteiger partial charge in [-0.1, -0.05) is 20.3 Å². The van der Waals surface area contributed by atoms with Crippen LogP contribution in [0.4, 0.5) is 0 Å². The topological polar surface area (TPSA) is 64.7 Å². The molecule has 0 aliphatic heterocycles. The maximum Gasteiger partial charge on any atom is 0.101 e. The Kier molecular flexibility index (Phi) is 7.91. The van der Waals surface area contributed by atoms with E-state index in [1.165, 1.54) is 12.8 Å². The van der Waals surface area contributed by atoms with Crippen LogP contribution in [0, 0.1) is 5.92 Å². The van der Waals surface area contributed by atoms with Crippen molar-refractivity contribution in [2.45, 2.75) is 64.1 Å². The SMILES string of the molecule is CCCCOCC(O)COC1(CN)CCC(C)CC1. The van der Waals surface area contributed by atoms with Gasteiger partial charge < -0.3 is 20.3 Å². The molecule has 1 aliphatic carbocycles. The van der Waals surface area contributed by atoms with E-state index < -0.39 is 6.10 Å². The molecule has 1 unspecified atom stereocenters. The highest BCUT2D eigenvalue weighted by Crippen LogP contribution is 2.34. The molecule has 0 spiro atoms. The van der Waals surface area contributed by atoms with Crippen molar-refractivity contribution in [2.75, 3.05) is 26.4 Å². The predicted molar refractivity (Wildman–Crippen MR) is 77.1 cm³/mol. The highest BCUT2D eigenvalue weighted by molar-refractivity contribution is 4.87. The number of nitrogens with two attached hydrogens (primary N) is 1. The maximum absolute atomic E-state index is 9.85. The number of aliphatic hydroxyl groups is 1. The first-order valence-corrected chi connectivity index (χ1v) is 7.71. The molecule has 1 rings (SSSR count). The molecule has 0 amide bonds. The van der Waals surface area contributed by atoms with Gasteiger partial charge in [-0.3, -0.25) is 0 Å². The molecular weight excluding hydrogens is 242 g/mol. The Hall–Kier alpha value is -0.160. The highest BCUT2D eigenvalue weighted by atomic mass is 16.5. The number of ether oxygens (including phenoxy) is 2. The molecule has 3 N–H and O–H groups in total. The number of aliphatic hydroxyl groups excluding tert-OH is 1. The number of hydrogen-bond donors (Lipinski definition) is 2. The Morgan fingerprint density at radius 1 is 1.32 bits per heavy atom. The van der Waals surface area contributed by atoms with E-state index in [4.69, 9.17) is 15.2 Å². The van der Waals surface area contributed by atoms with Crippen molar-refractivity contribution in [1.29, 1.82) is 0 Å². The summed E-state index contributed by atoms with van der Waals surface area (Å²) in [6.45, 7) is 6.35. The van der Waals surface area contributed by atoms with E-state index >= 15 is 0 Å². The molecule has 0 heterocycles. The largest absolute Gasteiger partial charge is 0.388 e. The van der Waals surface area contributed by atoms with E-state index in [0.29, 0.717) is 26.4 Å². The minimum Gasteiger partial charge on any atom is -0.388 e. The molecule has 1 fully saturated rings. The van der Waals surface area contributed by atoms with Gasteiger partial charge in [-0.2, -0.15) is 0 Å². The van der Waals surface area contributed by atoms with E-state index in [1.807, 2.05) is 0 Å². The summed E-state index contributed by atoms with van der Waals surface area (Å²) in [7, 11) is 0. The first kappa shape index (κ1) is 16.9. The molecule has 4 heteroatoms. The lowest BCUT2D eigenvalue weighted by Crippen LogP contribution is -2.45. The van der Waals surface area contributed by atoms with Gasteiger partial charge in [0.25, 0.3) is 0 Å². The average Bonchev–Trinajstić information content (AvgIpc) is 2.44. The smallest absolute Gasteiger partial charge is 0.101 e. The lowest BCUT2D eigenvalue weighted by atomic mass is 9.79. The van der Waals surface area contributed by atoms with Gasteiger partial charge in [0.05, 0.1) is 18.8 Å². The van der Waals surface area contributed by atoms with Gasteiger partial charge in [-0.05, 0) is 38.0 Å². The van der Waals surface area contributed by atoms with E-state index in [2.05, 4.69) is 13.8 Å². The standard InChI is InChI=1S/C15H31NO3/c1-3-4-9-18-10-14(17)11-19-15(12-16)7-5-13(2)6-8-15/h13-14,17H,3-12,16H2,1-2H3. The Labute approximate surface area is 117 Å². The summed E-state index contributed by atoms with van der Waals surface area (Å²) in [6.07, 6.45) is 5.96. The number of hydrogen-bond acceptors (Lipinski definition) is 4. The van der Waals surface area contributed by atoms with Crippen LogP contribution < -0.4 is 5.73 Å². The summed E-state index contributed by atoms with van der Waals surface area (Å²) in [5.41, 5.74) is 5.66. The molecule has 1 saturated carbocycles. The average molecular weight is 273 g/mol. The van der Waals surface area contributed by atoms with E-state index in [-0.39, 0.29) is 5.60 Å². The molecule has 0 aromatic carbocycles. The summed E-state index contributed by atoms with van der Waals surface area (Å²) in [5, 5.41) is 9.85. The fourth-order valence-corrected chi connectivity index (χ4v) is 2.48. The van der Waals surface area contributed by atoms with Crippen LogP contribution in [-0.2, 0) is 9.47 Å². The molecule has 0 saturated heterocycles. The number of rotatable bonds is 9. The van der Waals surface area contributed by atoms with Crippen LogP contribution >= 0.6 is 0 Å². The van der Waals surface area contributed by atoms with Crippen molar-refractivity contribution in [3.05, 3.63) is 0 Å². The van der Waals surface area contributed by atoms with Crippen LogP contribution in [0.2, 0.25) is 0 Å². The molecule has 0 aromatic heterocycles. The molecule has 4 nitrogen and oxygen atoms in total. The zero-order valence-electron chi connectivity index (χ0n) is 12.6. The van der Waals surface area contributed by atoms with Gasteiger partial charge in [0.2, 0.25) is 0 Å². The molecule has 114 valence electrons. The minimum absolute atomic E-state index is 0.211. The van der Waals surface area contributed by atoms with Crippen molar-refractivity contribution < 1.29 is 14.6 Å². The van der Waals surface area contributed by atoms with Crippen LogP contribution in [0.25, 0.3) is 0 Å². The molecule has 1 atom stereocenters. The summed E-state index contributed by atoms with van der Waals surface area (Å²) < 4.78 is 11.3. The Bertz CT molecular complexity index is 227. The summed E-state index contributed by atoms with van der Waals surface area (Å²) >= 11 is 0. The molecule has 0 radical (unpaired) electrons. The van der Waals surface area contributed by atoms with Crippen LogP contribution in [0.3, 0.4) is 0 Å². The van der Waals surface area contributed by atoms with Gasteiger partial charge in [0.15, 0.2) is 0 Å². The zero-order chi connectivity index (χ0) is 14.1. The molecule has 1 aliphatic rings. The van der Waals surface area contributed by atoms with Gasteiger partial charge >= 0.3 is 0 Å². The lowest BCUT2D eigenvalue weighted by Gasteiger charge is -2.39. The van der Waals surface area contributed by atoms with Gasteiger partial charge in [-0.25, -0.2) is 0 Å². The molecule has 19 heavy (non-hydrogen) atoms. The van der Waals surface area contributed by atoms with Crippen molar-refractivity contribution in [3.8, 4) is 0 Å². The third-order valence-corrected chi connectivity index (χ3v) is 4.09. The normalized spacial score (nSPS) is 29.4. The van der Waals surface area contributed by atoms with E-state index in [9.17, 15) is 5.11 Å². The van der Waals surface area contributed by atoms with E-state index in [1.54, 1.807) is 0 Å². The minimum atomic E-state index is -0.542. The third kappa shape index (κ3) is 6.21. The van der Waals surface area contributed by atoms with Crippen molar-refractivity contribution >= 4 is 0 Å². The van der Waals surface area contributed by atoms with Crippen molar-refractivity contribution in [1.82, 2.24) is 0 Å². The second-order valence-electron chi connectivity index (χ2n) is 5.96. The predicted octanol–water partition coefficient (Wildman–Crippen LogP) is 2.09. The van der Waals surface area contributed by atoms with Crippen LogP contribution in [0.15, 0.2) is 0 Å². The van der Waals surface area contributed by atoms with Crippen molar-refractivity contribution in [2.24, 2.45) is 11.7 Å². The molecule has 0 aromatic rings. The third-order valence-electron chi connectivity index (χ3n) is 4.09. The molecule has 0 bridgehead atoms. The first-order valence-electron chi connectivity index (χ1n) is 7.71. The summed E-state index contributed by atoms with van der Waals surface area (Å²) in [5.74, 6) is 0.769. The van der Waals surface area contributed by atoms with Gasteiger partial charge in [0, 0.05) is 13.2 Å². The second kappa shape index (κ2) is 8.90.